The Morgan fingerprint density at radius 3 is 2.80 bits per heavy atom. The Labute approximate surface area is 122 Å². The molecule has 0 heterocycles. The first-order chi connectivity index (χ1) is 9.59. The molecule has 0 aromatic heterocycles. The monoisotopic (exact) mass is 270 g/mol. The van der Waals surface area contributed by atoms with Crippen molar-refractivity contribution >= 4 is 5.78 Å². The van der Waals surface area contributed by atoms with E-state index in [4.69, 9.17) is 0 Å². The fourth-order valence-corrected chi connectivity index (χ4v) is 6.09. The molecule has 3 fully saturated rings. The van der Waals surface area contributed by atoms with E-state index in [1.165, 1.54) is 49.7 Å². The summed E-state index contributed by atoms with van der Waals surface area (Å²) in [5.41, 5.74) is 3.47. The summed E-state index contributed by atoms with van der Waals surface area (Å²) in [4.78, 5) is 11.7. The van der Waals surface area contributed by atoms with Crippen LogP contribution in [0.4, 0.5) is 0 Å². The lowest BCUT2D eigenvalue weighted by Gasteiger charge is -2.53. The first-order valence-electron chi connectivity index (χ1n) is 8.51. The molecule has 20 heavy (non-hydrogen) atoms. The van der Waals surface area contributed by atoms with E-state index < -0.39 is 0 Å². The Kier molecular flexibility index (Phi) is 2.78. The van der Waals surface area contributed by atoms with E-state index in [0.29, 0.717) is 11.2 Å². The number of ketones is 1. The van der Waals surface area contributed by atoms with Crippen LogP contribution in [0.15, 0.2) is 23.8 Å². The largest absolute Gasteiger partial charge is 0.295 e. The van der Waals surface area contributed by atoms with Crippen molar-refractivity contribution < 1.29 is 4.79 Å². The van der Waals surface area contributed by atoms with Gasteiger partial charge in [0.25, 0.3) is 0 Å². The lowest BCUT2D eigenvalue weighted by atomic mass is 9.52. The summed E-state index contributed by atoms with van der Waals surface area (Å²) in [5, 5.41) is 0. The van der Waals surface area contributed by atoms with Crippen molar-refractivity contribution in [2.45, 2.75) is 58.3 Å². The van der Waals surface area contributed by atoms with Gasteiger partial charge in [0.15, 0.2) is 5.78 Å². The SMILES string of the molecule is C=C1CCC2C3CCC4=CC(=O)CC[C@@H]4C3CC[C@]12C. The first-order valence-corrected chi connectivity index (χ1v) is 8.51. The van der Waals surface area contributed by atoms with E-state index in [9.17, 15) is 4.79 Å². The summed E-state index contributed by atoms with van der Waals surface area (Å²) >= 11 is 0. The molecule has 4 aliphatic carbocycles. The lowest BCUT2D eigenvalue weighted by Crippen LogP contribution is -2.44. The predicted molar refractivity (Wildman–Crippen MR) is 81.2 cm³/mol. The highest BCUT2D eigenvalue weighted by Gasteiger charge is 2.53. The minimum Gasteiger partial charge on any atom is -0.295 e. The summed E-state index contributed by atoms with van der Waals surface area (Å²) < 4.78 is 0. The minimum atomic E-state index is 0.379. The van der Waals surface area contributed by atoms with Gasteiger partial charge >= 0.3 is 0 Å². The van der Waals surface area contributed by atoms with Crippen molar-refractivity contribution in [2.24, 2.45) is 29.1 Å². The van der Waals surface area contributed by atoms with Gasteiger partial charge in [-0.05, 0) is 80.1 Å². The molecular weight excluding hydrogens is 244 g/mol. The maximum absolute atomic E-state index is 11.7. The van der Waals surface area contributed by atoms with Crippen LogP contribution >= 0.6 is 0 Å². The molecule has 0 amide bonds. The molecule has 0 spiro atoms. The van der Waals surface area contributed by atoms with Gasteiger partial charge in [0, 0.05) is 6.42 Å². The topological polar surface area (TPSA) is 17.1 Å². The number of fused-ring (bicyclic) bond motifs is 5. The predicted octanol–water partition coefficient (Wildman–Crippen LogP) is 4.68. The van der Waals surface area contributed by atoms with Crippen LogP contribution in [0, 0.1) is 29.1 Å². The number of carbonyl (C=O) groups is 1. The van der Waals surface area contributed by atoms with Crippen molar-refractivity contribution in [2.75, 3.05) is 0 Å². The van der Waals surface area contributed by atoms with Gasteiger partial charge in [0.05, 0.1) is 0 Å². The highest BCUT2D eigenvalue weighted by molar-refractivity contribution is 5.91. The van der Waals surface area contributed by atoms with Gasteiger partial charge in [-0.3, -0.25) is 4.79 Å². The van der Waals surface area contributed by atoms with Crippen LogP contribution in [0.3, 0.4) is 0 Å². The van der Waals surface area contributed by atoms with Crippen LogP contribution in [0.5, 0.6) is 0 Å². The van der Waals surface area contributed by atoms with Crippen LogP contribution in [-0.4, -0.2) is 5.78 Å². The average molecular weight is 270 g/mol. The van der Waals surface area contributed by atoms with E-state index in [-0.39, 0.29) is 0 Å². The molecule has 0 N–H and O–H groups in total. The Morgan fingerprint density at radius 1 is 1.10 bits per heavy atom. The third-order valence-electron chi connectivity index (χ3n) is 7.25. The first kappa shape index (κ1) is 12.9. The van der Waals surface area contributed by atoms with Crippen LogP contribution in [0.2, 0.25) is 0 Å². The third-order valence-corrected chi connectivity index (χ3v) is 7.25. The fourth-order valence-electron chi connectivity index (χ4n) is 6.09. The smallest absolute Gasteiger partial charge is 0.155 e. The van der Waals surface area contributed by atoms with E-state index in [0.717, 1.165) is 36.5 Å². The molecule has 0 bridgehead atoms. The van der Waals surface area contributed by atoms with Crippen molar-refractivity contribution in [1.82, 2.24) is 0 Å². The zero-order valence-corrected chi connectivity index (χ0v) is 12.7. The molecule has 4 rings (SSSR count). The molecule has 0 aliphatic heterocycles. The van der Waals surface area contributed by atoms with Gasteiger partial charge in [-0.1, -0.05) is 24.6 Å². The second kappa shape index (κ2) is 4.32. The van der Waals surface area contributed by atoms with Crippen molar-refractivity contribution in [3.63, 3.8) is 0 Å². The summed E-state index contributed by atoms with van der Waals surface area (Å²) in [6.07, 6.45) is 11.8. The fraction of sp³-hybridized carbons (Fsp3) is 0.737. The van der Waals surface area contributed by atoms with Gasteiger partial charge in [-0.25, -0.2) is 0 Å². The summed E-state index contributed by atoms with van der Waals surface area (Å²) in [7, 11) is 0. The molecule has 0 aromatic carbocycles. The van der Waals surface area contributed by atoms with Crippen molar-refractivity contribution in [3.05, 3.63) is 23.8 Å². The minimum absolute atomic E-state index is 0.379. The molecule has 0 aromatic rings. The van der Waals surface area contributed by atoms with Gasteiger partial charge in [0.2, 0.25) is 0 Å². The molecule has 5 atom stereocenters. The number of allylic oxidation sites excluding steroid dienone is 2. The van der Waals surface area contributed by atoms with Gasteiger partial charge in [0.1, 0.15) is 0 Å². The molecule has 1 heteroatoms. The Balaban J connectivity index is 1.65. The Hall–Kier alpha value is -0.850. The summed E-state index contributed by atoms with van der Waals surface area (Å²) in [6, 6.07) is 0. The molecular formula is C19H26O. The van der Waals surface area contributed by atoms with Gasteiger partial charge in [-0.15, -0.1) is 0 Å². The highest BCUT2D eigenvalue weighted by Crippen LogP contribution is 2.63. The Bertz CT molecular complexity index is 500. The molecule has 4 aliphatic rings. The standard InChI is InChI=1S/C19H26O/c1-12-3-8-18-17-6-4-13-11-14(20)5-7-15(13)16(17)9-10-19(12,18)2/h11,15-18H,1,3-10H2,2H3/t15-,16?,17?,18?,19+/m0/s1. The van der Waals surface area contributed by atoms with Crippen LogP contribution < -0.4 is 0 Å². The molecule has 0 saturated heterocycles. The zero-order valence-electron chi connectivity index (χ0n) is 12.7. The zero-order chi connectivity index (χ0) is 13.9. The van der Waals surface area contributed by atoms with E-state index in [2.05, 4.69) is 13.5 Å². The van der Waals surface area contributed by atoms with Gasteiger partial charge < -0.3 is 0 Å². The number of hydrogen-bond acceptors (Lipinski definition) is 1. The molecule has 0 radical (unpaired) electrons. The van der Waals surface area contributed by atoms with Crippen molar-refractivity contribution in [3.8, 4) is 0 Å². The Morgan fingerprint density at radius 2 is 1.95 bits per heavy atom. The average Bonchev–Trinajstić information content (AvgIpc) is 2.74. The number of carbonyl (C=O) groups excluding carboxylic acids is 1. The number of rotatable bonds is 0. The molecule has 108 valence electrons. The number of hydrogen-bond donors (Lipinski definition) is 0. The third kappa shape index (κ3) is 1.64. The van der Waals surface area contributed by atoms with Crippen molar-refractivity contribution in [1.29, 1.82) is 0 Å². The second-order valence-corrected chi connectivity index (χ2v) is 7.90. The van der Waals surface area contributed by atoms with Crippen LogP contribution in [-0.2, 0) is 4.79 Å². The van der Waals surface area contributed by atoms with Gasteiger partial charge in [-0.2, -0.15) is 0 Å². The van der Waals surface area contributed by atoms with E-state index in [1.807, 2.05) is 6.08 Å². The normalized spacial score (nSPS) is 47.4. The molecule has 3 unspecified atom stereocenters. The van der Waals surface area contributed by atoms with Crippen LogP contribution in [0.1, 0.15) is 58.3 Å². The molecule has 3 saturated carbocycles. The maximum atomic E-state index is 11.7. The molecule has 1 nitrogen and oxygen atoms in total. The highest BCUT2D eigenvalue weighted by atomic mass is 16.1. The van der Waals surface area contributed by atoms with E-state index in [1.54, 1.807) is 0 Å². The summed E-state index contributed by atoms with van der Waals surface area (Å²) in [6.45, 7) is 6.87. The second-order valence-electron chi connectivity index (χ2n) is 7.90. The van der Waals surface area contributed by atoms with E-state index >= 15 is 0 Å². The lowest BCUT2D eigenvalue weighted by molar-refractivity contribution is -0.115. The summed E-state index contributed by atoms with van der Waals surface area (Å²) in [5.74, 6) is 3.78. The maximum Gasteiger partial charge on any atom is 0.155 e. The quantitative estimate of drug-likeness (QED) is 0.584. The van der Waals surface area contributed by atoms with Crippen LogP contribution in [0.25, 0.3) is 0 Å².